The van der Waals surface area contributed by atoms with Crippen LogP contribution in [0.25, 0.3) is 0 Å². The number of piperidine rings is 1. The molecule has 0 radical (unpaired) electrons. The van der Waals surface area contributed by atoms with Gasteiger partial charge < -0.3 is 15.4 Å². The first-order chi connectivity index (χ1) is 5.57. The van der Waals surface area contributed by atoms with Gasteiger partial charge in [0.25, 0.3) is 0 Å². The summed E-state index contributed by atoms with van der Waals surface area (Å²) in [5.41, 5.74) is 5.62. The van der Waals surface area contributed by atoms with Crippen LogP contribution >= 0.6 is 0 Å². The Morgan fingerprint density at radius 1 is 1.33 bits per heavy atom. The van der Waals surface area contributed by atoms with Gasteiger partial charge in [-0.3, -0.25) is 0 Å². The van der Waals surface area contributed by atoms with Gasteiger partial charge in [0.05, 0.1) is 0 Å². The van der Waals surface area contributed by atoms with Crippen molar-refractivity contribution in [1.82, 2.24) is 4.90 Å². The zero-order valence-corrected chi connectivity index (χ0v) is 8.34. The lowest BCUT2D eigenvalue weighted by Gasteiger charge is -2.39. The summed E-state index contributed by atoms with van der Waals surface area (Å²) in [5.74, 6) is 0. The SMILES string of the molecule is COC1(N)CCN(C(C)C)CC1. The second-order valence-electron chi connectivity index (χ2n) is 3.90. The fraction of sp³-hybridized carbons (Fsp3) is 1.00. The molecule has 1 rings (SSSR count). The number of hydrogen-bond donors (Lipinski definition) is 1. The number of nitrogens with two attached hydrogens (primary N) is 1. The molecule has 1 aliphatic rings. The standard InChI is InChI=1S/C9H20N2O/c1-8(2)11-6-4-9(10,12-3)5-7-11/h8H,4-7,10H2,1-3H3. The highest BCUT2D eigenvalue weighted by Gasteiger charge is 2.30. The van der Waals surface area contributed by atoms with E-state index in [1.54, 1.807) is 7.11 Å². The Hall–Kier alpha value is -0.120. The van der Waals surface area contributed by atoms with Crippen LogP contribution in [0.15, 0.2) is 0 Å². The first-order valence-corrected chi connectivity index (χ1v) is 4.65. The van der Waals surface area contributed by atoms with E-state index < -0.39 is 0 Å². The lowest BCUT2D eigenvalue weighted by molar-refractivity contribution is -0.0569. The Labute approximate surface area is 74.9 Å². The fourth-order valence-corrected chi connectivity index (χ4v) is 1.62. The highest BCUT2D eigenvalue weighted by Crippen LogP contribution is 2.21. The van der Waals surface area contributed by atoms with E-state index in [0.29, 0.717) is 6.04 Å². The average molecular weight is 172 g/mol. The third-order valence-corrected chi connectivity index (χ3v) is 2.78. The lowest BCUT2D eigenvalue weighted by Crippen LogP contribution is -2.52. The van der Waals surface area contributed by atoms with Crippen LogP contribution in [0.1, 0.15) is 26.7 Å². The van der Waals surface area contributed by atoms with Gasteiger partial charge in [0.15, 0.2) is 0 Å². The highest BCUT2D eigenvalue weighted by atomic mass is 16.5. The van der Waals surface area contributed by atoms with E-state index in [1.165, 1.54) is 0 Å². The zero-order chi connectivity index (χ0) is 9.19. The summed E-state index contributed by atoms with van der Waals surface area (Å²) in [4.78, 5) is 2.43. The molecule has 0 aromatic heterocycles. The summed E-state index contributed by atoms with van der Waals surface area (Å²) in [6.07, 6.45) is 1.89. The van der Waals surface area contributed by atoms with E-state index >= 15 is 0 Å². The molecule has 2 N–H and O–H groups in total. The monoisotopic (exact) mass is 172 g/mol. The molecule has 0 unspecified atom stereocenters. The minimum Gasteiger partial charge on any atom is -0.364 e. The molecule has 0 spiro atoms. The average Bonchev–Trinajstić information content (AvgIpc) is 2.05. The van der Waals surface area contributed by atoms with E-state index in [2.05, 4.69) is 18.7 Å². The molecule has 0 atom stereocenters. The van der Waals surface area contributed by atoms with Gasteiger partial charge in [-0.25, -0.2) is 0 Å². The number of likely N-dealkylation sites (tertiary alicyclic amines) is 1. The molecule has 3 nitrogen and oxygen atoms in total. The van der Waals surface area contributed by atoms with Gasteiger partial charge in [-0.1, -0.05) is 0 Å². The molecule has 0 amide bonds. The van der Waals surface area contributed by atoms with Gasteiger partial charge in [0.1, 0.15) is 5.72 Å². The van der Waals surface area contributed by atoms with Crippen LogP contribution < -0.4 is 5.73 Å². The van der Waals surface area contributed by atoms with Gasteiger partial charge in [-0.15, -0.1) is 0 Å². The molecule has 0 aliphatic carbocycles. The maximum absolute atomic E-state index is 5.97. The van der Waals surface area contributed by atoms with Crippen molar-refractivity contribution >= 4 is 0 Å². The molecule has 0 aromatic rings. The number of rotatable bonds is 2. The molecule has 0 aromatic carbocycles. The lowest BCUT2D eigenvalue weighted by atomic mass is 10.0. The Kier molecular flexibility index (Phi) is 3.09. The van der Waals surface area contributed by atoms with E-state index in [0.717, 1.165) is 25.9 Å². The first kappa shape index (κ1) is 9.96. The third kappa shape index (κ3) is 2.19. The van der Waals surface area contributed by atoms with Crippen LogP contribution in [0.4, 0.5) is 0 Å². The summed E-state index contributed by atoms with van der Waals surface area (Å²) in [6.45, 7) is 6.55. The molecule has 12 heavy (non-hydrogen) atoms. The minimum atomic E-state index is -0.356. The molecular formula is C9H20N2O. The normalized spacial score (nSPS) is 24.8. The van der Waals surface area contributed by atoms with Crippen molar-refractivity contribution in [1.29, 1.82) is 0 Å². The molecule has 1 saturated heterocycles. The molecule has 0 bridgehead atoms. The molecule has 0 saturated carbocycles. The molecule has 1 fully saturated rings. The predicted octanol–water partition coefficient (Wildman–Crippen LogP) is 0.792. The van der Waals surface area contributed by atoms with Gasteiger partial charge in [0, 0.05) is 39.1 Å². The van der Waals surface area contributed by atoms with Gasteiger partial charge in [-0.05, 0) is 13.8 Å². The molecule has 1 aliphatic heterocycles. The Morgan fingerprint density at radius 2 is 1.83 bits per heavy atom. The van der Waals surface area contributed by atoms with Crippen LogP contribution in [0.3, 0.4) is 0 Å². The molecular weight excluding hydrogens is 152 g/mol. The Balaban J connectivity index is 2.39. The predicted molar refractivity (Wildman–Crippen MR) is 49.9 cm³/mol. The third-order valence-electron chi connectivity index (χ3n) is 2.78. The van der Waals surface area contributed by atoms with Crippen molar-refractivity contribution in [3.63, 3.8) is 0 Å². The smallest absolute Gasteiger partial charge is 0.118 e. The quantitative estimate of drug-likeness (QED) is 0.626. The number of methoxy groups -OCH3 is 1. The summed E-state index contributed by atoms with van der Waals surface area (Å²) in [7, 11) is 1.70. The number of hydrogen-bond acceptors (Lipinski definition) is 3. The van der Waals surface area contributed by atoms with Gasteiger partial charge in [-0.2, -0.15) is 0 Å². The largest absolute Gasteiger partial charge is 0.364 e. The van der Waals surface area contributed by atoms with Crippen molar-refractivity contribution in [3.8, 4) is 0 Å². The van der Waals surface area contributed by atoms with Crippen molar-refractivity contribution in [2.45, 2.75) is 38.5 Å². The molecule has 72 valence electrons. The van der Waals surface area contributed by atoms with E-state index in [-0.39, 0.29) is 5.72 Å². The van der Waals surface area contributed by atoms with Crippen LogP contribution in [0.5, 0.6) is 0 Å². The first-order valence-electron chi connectivity index (χ1n) is 4.65. The molecule has 1 heterocycles. The van der Waals surface area contributed by atoms with Crippen LogP contribution in [-0.4, -0.2) is 36.9 Å². The van der Waals surface area contributed by atoms with Crippen LogP contribution in [0.2, 0.25) is 0 Å². The topological polar surface area (TPSA) is 38.5 Å². The van der Waals surface area contributed by atoms with Crippen molar-refractivity contribution in [2.75, 3.05) is 20.2 Å². The van der Waals surface area contributed by atoms with Crippen molar-refractivity contribution in [3.05, 3.63) is 0 Å². The highest BCUT2D eigenvalue weighted by molar-refractivity contribution is 4.83. The Bertz CT molecular complexity index is 139. The second-order valence-corrected chi connectivity index (χ2v) is 3.90. The summed E-state index contributed by atoms with van der Waals surface area (Å²) in [5, 5.41) is 0. The summed E-state index contributed by atoms with van der Waals surface area (Å²) in [6, 6.07) is 0.631. The van der Waals surface area contributed by atoms with E-state index in [9.17, 15) is 0 Å². The van der Waals surface area contributed by atoms with Crippen molar-refractivity contribution in [2.24, 2.45) is 5.73 Å². The van der Waals surface area contributed by atoms with Gasteiger partial charge in [0.2, 0.25) is 0 Å². The zero-order valence-electron chi connectivity index (χ0n) is 8.34. The number of nitrogens with zero attached hydrogens (tertiary/aromatic N) is 1. The second kappa shape index (κ2) is 3.73. The molecule has 3 heteroatoms. The fourth-order valence-electron chi connectivity index (χ4n) is 1.62. The van der Waals surface area contributed by atoms with Crippen LogP contribution in [0, 0.1) is 0 Å². The number of ether oxygens (including phenoxy) is 1. The van der Waals surface area contributed by atoms with Gasteiger partial charge >= 0.3 is 0 Å². The minimum absolute atomic E-state index is 0.356. The van der Waals surface area contributed by atoms with Crippen LogP contribution in [-0.2, 0) is 4.74 Å². The van der Waals surface area contributed by atoms with Crippen molar-refractivity contribution < 1.29 is 4.74 Å². The maximum Gasteiger partial charge on any atom is 0.118 e. The van der Waals surface area contributed by atoms with E-state index in [1.807, 2.05) is 0 Å². The summed E-state index contributed by atoms with van der Waals surface area (Å²) < 4.78 is 5.26. The maximum atomic E-state index is 5.97. The summed E-state index contributed by atoms with van der Waals surface area (Å²) >= 11 is 0. The van der Waals surface area contributed by atoms with E-state index in [4.69, 9.17) is 10.5 Å². The Morgan fingerprint density at radius 3 is 2.17 bits per heavy atom.